The highest BCUT2D eigenvalue weighted by atomic mass is 19.1. The summed E-state index contributed by atoms with van der Waals surface area (Å²) in [6.45, 7) is 5.79. The van der Waals surface area contributed by atoms with E-state index in [9.17, 15) is 9.18 Å². The summed E-state index contributed by atoms with van der Waals surface area (Å²) in [6, 6.07) is 0. The van der Waals surface area contributed by atoms with Crippen LogP contribution in [0.4, 0.5) is 9.18 Å². The number of fused-ring (bicyclic) bond motifs is 1. The Morgan fingerprint density at radius 2 is 2.16 bits per heavy atom. The third-order valence-electron chi connectivity index (χ3n) is 2.78. The average molecular weight is 271 g/mol. The molecule has 0 saturated heterocycles. The minimum atomic E-state index is -0.564. The number of rotatable bonds is 1. The fourth-order valence-electron chi connectivity index (χ4n) is 1.93. The van der Waals surface area contributed by atoms with Crippen molar-refractivity contribution >= 4 is 6.09 Å². The first-order valence-corrected chi connectivity index (χ1v) is 6.14. The second-order valence-corrected chi connectivity index (χ2v) is 5.48. The van der Waals surface area contributed by atoms with E-state index in [2.05, 4.69) is 4.98 Å². The van der Waals surface area contributed by atoms with Gasteiger partial charge < -0.3 is 14.4 Å². The van der Waals surface area contributed by atoms with Gasteiger partial charge in [-0.05, 0) is 20.8 Å². The van der Waals surface area contributed by atoms with Crippen LogP contribution in [0.1, 0.15) is 32.3 Å². The predicted octanol–water partition coefficient (Wildman–Crippen LogP) is 1.27. The largest absolute Gasteiger partial charge is 0.444 e. The van der Waals surface area contributed by atoms with Crippen LogP contribution in [-0.4, -0.2) is 37.8 Å². The van der Waals surface area contributed by atoms with Crippen LogP contribution in [0.2, 0.25) is 0 Å². The van der Waals surface area contributed by atoms with Gasteiger partial charge in [-0.3, -0.25) is 4.90 Å². The third-order valence-corrected chi connectivity index (χ3v) is 2.78. The summed E-state index contributed by atoms with van der Waals surface area (Å²) in [5.74, 6) is -0.0972. The fourth-order valence-corrected chi connectivity index (χ4v) is 1.93. The van der Waals surface area contributed by atoms with Crippen LogP contribution in [0.3, 0.4) is 0 Å². The molecule has 0 aliphatic carbocycles. The molecule has 1 aromatic heterocycles. The monoisotopic (exact) mass is 271 g/mol. The van der Waals surface area contributed by atoms with Crippen molar-refractivity contribution in [2.45, 2.75) is 46.1 Å². The van der Waals surface area contributed by atoms with Crippen molar-refractivity contribution in [3.8, 4) is 0 Å². The molecule has 0 atom stereocenters. The Morgan fingerprint density at radius 1 is 1.47 bits per heavy atom. The van der Waals surface area contributed by atoms with Crippen LogP contribution < -0.4 is 0 Å². The number of hydrogen-bond acceptors (Lipinski definition) is 4. The number of aliphatic hydroxyl groups is 1. The zero-order chi connectivity index (χ0) is 14.2. The summed E-state index contributed by atoms with van der Waals surface area (Å²) in [5.41, 5.74) is -0.549. The topological polar surface area (TPSA) is 67.6 Å². The van der Waals surface area contributed by atoms with E-state index in [-0.39, 0.29) is 12.2 Å². The van der Waals surface area contributed by atoms with Gasteiger partial charge in [0, 0.05) is 13.1 Å². The van der Waals surface area contributed by atoms with Crippen LogP contribution in [0.15, 0.2) is 0 Å². The molecule has 0 saturated carbocycles. The van der Waals surface area contributed by atoms with Crippen LogP contribution in [0.5, 0.6) is 0 Å². The summed E-state index contributed by atoms with van der Waals surface area (Å²) >= 11 is 0. The van der Waals surface area contributed by atoms with E-state index in [1.165, 1.54) is 9.47 Å². The van der Waals surface area contributed by atoms with Gasteiger partial charge in [-0.2, -0.15) is 4.39 Å². The first-order chi connectivity index (χ1) is 8.81. The standard InChI is InChI=1S/C12H18FN3O3/c1-12(2,3)19-11(18)15-4-5-16-9(6-15)14-8(7-17)10(16)13/h17H,4-7H2,1-3H3. The van der Waals surface area contributed by atoms with Gasteiger partial charge in [0.1, 0.15) is 17.1 Å². The normalized spacial score (nSPS) is 15.3. The molecule has 0 spiro atoms. The maximum Gasteiger partial charge on any atom is 0.410 e. The third kappa shape index (κ3) is 2.86. The summed E-state index contributed by atoms with van der Waals surface area (Å²) in [7, 11) is 0. The lowest BCUT2D eigenvalue weighted by atomic mass is 10.2. The molecule has 1 aromatic rings. The Kier molecular flexibility index (Phi) is 3.49. The maximum atomic E-state index is 13.7. The average Bonchev–Trinajstić information content (AvgIpc) is 2.63. The molecule has 2 heterocycles. The Morgan fingerprint density at radius 3 is 2.74 bits per heavy atom. The molecule has 0 fully saturated rings. The van der Waals surface area contributed by atoms with Gasteiger partial charge in [0.15, 0.2) is 0 Å². The highest BCUT2D eigenvalue weighted by Crippen LogP contribution is 2.19. The zero-order valence-electron chi connectivity index (χ0n) is 11.3. The Bertz CT molecular complexity index is 493. The minimum absolute atomic E-state index is 0.0149. The SMILES string of the molecule is CC(C)(C)OC(=O)N1CCn2c(nc(CO)c2F)C1. The molecule has 2 rings (SSSR count). The van der Waals surface area contributed by atoms with Crippen LogP contribution in [0, 0.1) is 5.95 Å². The fraction of sp³-hybridized carbons (Fsp3) is 0.667. The smallest absolute Gasteiger partial charge is 0.410 e. The summed E-state index contributed by atoms with van der Waals surface area (Å²) in [6.07, 6.45) is -0.437. The Balaban J connectivity index is 2.12. The quantitative estimate of drug-likeness (QED) is 0.835. The van der Waals surface area contributed by atoms with Crippen LogP contribution >= 0.6 is 0 Å². The highest BCUT2D eigenvalue weighted by molar-refractivity contribution is 5.68. The van der Waals surface area contributed by atoms with Crippen molar-refractivity contribution in [1.29, 1.82) is 0 Å². The summed E-state index contributed by atoms with van der Waals surface area (Å²) in [4.78, 5) is 17.4. The second-order valence-electron chi connectivity index (χ2n) is 5.48. The number of nitrogens with zero attached hydrogens (tertiary/aromatic N) is 3. The van der Waals surface area contributed by atoms with Crippen molar-refractivity contribution in [3.63, 3.8) is 0 Å². The van der Waals surface area contributed by atoms with Gasteiger partial charge in [-0.15, -0.1) is 0 Å². The van der Waals surface area contributed by atoms with Gasteiger partial charge >= 0.3 is 6.09 Å². The first kappa shape index (κ1) is 13.8. The van der Waals surface area contributed by atoms with Crippen molar-refractivity contribution in [3.05, 3.63) is 17.5 Å². The van der Waals surface area contributed by atoms with Crippen molar-refractivity contribution in [2.75, 3.05) is 6.54 Å². The van der Waals surface area contributed by atoms with Gasteiger partial charge in [0.25, 0.3) is 0 Å². The Hall–Kier alpha value is -1.63. The van der Waals surface area contributed by atoms with Crippen molar-refractivity contribution in [2.24, 2.45) is 0 Å². The number of carbonyl (C=O) groups excluding carboxylic acids is 1. The number of ether oxygens (including phenoxy) is 1. The minimum Gasteiger partial charge on any atom is -0.444 e. The number of amides is 1. The highest BCUT2D eigenvalue weighted by Gasteiger charge is 2.28. The molecule has 106 valence electrons. The van der Waals surface area contributed by atoms with Gasteiger partial charge in [-0.25, -0.2) is 9.78 Å². The molecule has 6 nitrogen and oxygen atoms in total. The van der Waals surface area contributed by atoms with E-state index in [1.807, 2.05) is 0 Å². The zero-order valence-corrected chi connectivity index (χ0v) is 11.3. The molecular formula is C12H18FN3O3. The van der Waals surface area contributed by atoms with Crippen LogP contribution in [-0.2, 0) is 24.4 Å². The number of carbonyl (C=O) groups is 1. The molecule has 0 radical (unpaired) electrons. The number of halogens is 1. The number of imidazole rings is 1. The molecule has 7 heteroatoms. The molecule has 1 amide bonds. The molecule has 19 heavy (non-hydrogen) atoms. The number of aliphatic hydroxyl groups excluding tert-OH is 1. The predicted molar refractivity (Wildman–Crippen MR) is 64.8 cm³/mol. The van der Waals surface area contributed by atoms with E-state index in [0.29, 0.717) is 18.9 Å². The van der Waals surface area contributed by atoms with E-state index >= 15 is 0 Å². The first-order valence-electron chi connectivity index (χ1n) is 6.14. The van der Waals surface area contributed by atoms with Crippen LogP contribution in [0.25, 0.3) is 0 Å². The van der Waals surface area contributed by atoms with E-state index in [1.54, 1.807) is 20.8 Å². The van der Waals surface area contributed by atoms with Crippen molar-refractivity contribution < 1.29 is 19.0 Å². The van der Waals surface area contributed by atoms with E-state index in [4.69, 9.17) is 9.84 Å². The van der Waals surface area contributed by atoms with Gasteiger partial charge in [-0.1, -0.05) is 0 Å². The molecule has 0 unspecified atom stereocenters. The molecule has 0 bridgehead atoms. The molecule has 1 aliphatic rings. The lowest BCUT2D eigenvalue weighted by Gasteiger charge is -2.30. The van der Waals surface area contributed by atoms with E-state index in [0.717, 1.165) is 0 Å². The lowest BCUT2D eigenvalue weighted by molar-refractivity contribution is 0.0191. The maximum absolute atomic E-state index is 13.7. The van der Waals surface area contributed by atoms with Gasteiger partial charge in [0.05, 0.1) is 13.2 Å². The molecule has 1 aliphatic heterocycles. The number of aromatic nitrogens is 2. The second kappa shape index (κ2) is 4.80. The summed E-state index contributed by atoms with van der Waals surface area (Å²) in [5, 5.41) is 8.97. The van der Waals surface area contributed by atoms with Gasteiger partial charge in [0.2, 0.25) is 5.95 Å². The molecule has 0 aromatic carbocycles. The number of hydrogen-bond donors (Lipinski definition) is 1. The van der Waals surface area contributed by atoms with Crippen molar-refractivity contribution in [1.82, 2.24) is 14.5 Å². The van der Waals surface area contributed by atoms with E-state index < -0.39 is 24.2 Å². The summed E-state index contributed by atoms with van der Waals surface area (Å²) < 4.78 is 20.4. The molecule has 1 N–H and O–H groups in total. The molecular weight excluding hydrogens is 253 g/mol. The lowest BCUT2D eigenvalue weighted by Crippen LogP contribution is -2.41. The Labute approximate surface area is 110 Å².